The van der Waals surface area contributed by atoms with Crippen LogP contribution in [0.1, 0.15) is 31.4 Å². The molecule has 0 atom stereocenters. The maximum Gasteiger partial charge on any atom is 0.213 e. The smallest absolute Gasteiger partial charge is 0.213 e. The molecule has 3 aromatic heterocycles. The lowest BCUT2D eigenvalue weighted by Crippen LogP contribution is -2.38. The van der Waals surface area contributed by atoms with Crippen molar-refractivity contribution in [3.63, 3.8) is 0 Å². The van der Waals surface area contributed by atoms with Gasteiger partial charge < -0.3 is 5.73 Å². The van der Waals surface area contributed by atoms with E-state index in [1.54, 1.807) is 21.9 Å². The fourth-order valence-electron chi connectivity index (χ4n) is 3.32. The number of sulfonamides is 1. The zero-order valence-electron chi connectivity index (χ0n) is 15.0. The molecule has 1 fully saturated rings. The minimum absolute atomic E-state index is 0.128. The summed E-state index contributed by atoms with van der Waals surface area (Å²) >= 11 is 0. The highest BCUT2D eigenvalue weighted by Gasteiger charge is 2.28. The molecule has 0 aliphatic carbocycles. The molecular formula is C17H21N7O2S. The molecule has 1 aliphatic rings. The molecule has 0 bridgehead atoms. The van der Waals surface area contributed by atoms with E-state index < -0.39 is 10.0 Å². The Balaban J connectivity index is 1.60. The van der Waals surface area contributed by atoms with Gasteiger partial charge in [0, 0.05) is 25.2 Å². The summed E-state index contributed by atoms with van der Waals surface area (Å²) in [6.07, 6.45) is 4.89. The van der Waals surface area contributed by atoms with Crippen molar-refractivity contribution < 1.29 is 8.42 Å². The molecule has 1 saturated heterocycles. The van der Waals surface area contributed by atoms with Gasteiger partial charge in [-0.05, 0) is 31.9 Å². The maximum absolute atomic E-state index is 12.0. The molecule has 0 radical (unpaired) electrons. The molecular weight excluding hydrogens is 366 g/mol. The minimum Gasteiger partial charge on any atom is -0.382 e. The van der Waals surface area contributed by atoms with E-state index in [4.69, 9.17) is 5.73 Å². The zero-order chi connectivity index (χ0) is 19.0. The minimum atomic E-state index is -3.15. The highest BCUT2D eigenvalue weighted by Crippen LogP contribution is 2.30. The third-order valence-electron chi connectivity index (χ3n) is 4.90. The molecule has 0 saturated carbocycles. The second kappa shape index (κ2) is 6.86. The van der Waals surface area contributed by atoms with E-state index >= 15 is 0 Å². The molecule has 0 spiro atoms. The normalized spacial score (nSPS) is 16.8. The first-order chi connectivity index (χ1) is 13.0. The van der Waals surface area contributed by atoms with Crippen molar-refractivity contribution in [1.29, 1.82) is 0 Å². The van der Waals surface area contributed by atoms with Crippen molar-refractivity contribution in [2.75, 3.05) is 24.6 Å². The average Bonchev–Trinajstić information content (AvgIpc) is 3.12. The van der Waals surface area contributed by atoms with E-state index in [1.165, 1.54) is 0 Å². The Kier molecular flexibility index (Phi) is 4.52. The molecule has 4 heterocycles. The van der Waals surface area contributed by atoms with Crippen molar-refractivity contribution in [2.24, 2.45) is 0 Å². The van der Waals surface area contributed by atoms with Crippen molar-refractivity contribution in [2.45, 2.75) is 25.7 Å². The second-order valence-corrected chi connectivity index (χ2v) is 8.80. The maximum atomic E-state index is 12.0. The molecule has 3 aromatic rings. The van der Waals surface area contributed by atoms with Crippen molar-refractivity contribution in [3.05, 3.63) is 36.3 Å². The van der Waals surface area contributed by atoms with E-state index in [0.29, 0.717) is 43.1 Å². The monoisotopic (exact) mass is 387 g/mol. The van der Waals surface area contributed by atoms with Gasteiger partial charge in [0.2, 0.25) is 15.8 Å². The van der Waals surface area contributed by atoms with Crippen LogP contribution < -0.4 is 5.73 Å². The molecule has 4 rings (SSSR count). The molecule has 27 heavy (non-hydrogen) atoms. The van der Waals surface area contributed by atoms with E-state index in [1.807, 2.05) is 24.4 Å². The Labute approximate surface area is 157 Å². The fraction of sp³-hybridized carbons (Fsp3) is 0.412. The number of hydrogen-bond donors (Lipinski definition) is 1. The number of nitrogen functional groups attached to an aromatic ring is 1. The molecule has 0 unspecified atom stereocenters. The number of pyridine rings is 1. The van der Waals surface area contributed by atoms with Crippen molar-refractivity contribution in [1.82, 2.24) is 28.9 Å². The lowest BCUT2D eigenvalue weighted by atomic mass is 9.95. The number of nitrogens with zero attached hydrogens (tertiary/aromatic N) is 6. The van der Waals surface area contributed by atoms with Gasteiger partial charge in [-0.3, -0.25) is 0 Å². The molecule has 0 amide bonds. The van der Waals surface area contributed by atoms with Gasteiger partial charge in [-0.25, -0.2) is 32.2 Å². The number of piperidine rings is 1. The largest absolute Gasteiger partial charge is 0.382 e. The van der Waals surface area contributed by atoms with Crippen LogP contribution in [0, 0.1) is 0 Å². The van der Waals surface area contributed by atoms with Crippen molar-refractivity contribution in [3.8, 4) is 11.5 Å². The standard InChI is InChI=1S/C17H21N7O2S/c1-2-27(25,26)23-9-6-12(7-10-23)13-11-19-16(18)15(20-13)17-21-14-5-3-4-8-24(14)22-17/h3-5,8,11-12H,2,6-7,9-10H2,1H3,(H2,18,19). The molecule has 142 valence electrons. The predicted molar refractivity (Wildman–Crippen MR) is 101 cm³/mol. The summed E-state index contributed by atoms with van der Waals surface area (Å²) in [6.45, 7) is 2.66. The van der Waals surface area contributed by atoms with Crippen LogP contribution in [0.3, 0.4) is 0 Å². The van der Waals surface area contributed by atoms with E-state index in [9.17, 15) is 8.42 Å². The number of fused-ring (bicyclic) bond motifs is 1. The Morgan fingerprint density at radius 1 is 1.22 bits per heavy atom. The van der Waals surface area contributed by atoms with Crippen LogP contribution in [0.2, 0.25) is 0 Å². The first kappa shape index (κ1) is 17.8. The van der Waals surface area contributed by atoms with Gasteiger partial charge in [-0.1, -0.05) is 6.07 Å². The third-order valence-corrected chi connectivity index (χ3v) is 6.78. The van der Waals surface area contributed by atoms with Gasteiger partial charge in [0.1, 0.15) is 0 Å². The molecule has 1 aliphatic heterocycles. The first-order valence-electron chi connectivity index (χ1n) is 8.90. The fourth-order valence-corrected chi connectivity index (χ4v) is 4.45. The molecule has 0 aromatic carbocycles. The summed E-state index contributed by atoms with van der Waals surface area (Å²) in [6, 6.07) is 5.61. The number of nitrogens with two attached hydrogens (primary N) is 1. The Hall–Kier alpha value is -2.59. The number of hydrogen-bond acceptors (Lipinski definition) is 7. The third kappa shape index (κ3) is 3.37. The van der Waals surface area contributed by atoms with Crippen LogP contribution in [0.15, 0.2) is 30.6 Å². The van der Waals surface area contributed by atoms with E-state index in [-0.39, 0.29) is 17.5 Å². The summed E-state index contributed by atoms with van der Waals surface area (Å²) < 4.78 is 27.3. The summed E-state index contributed by atoms with van der Waals surface area (Å²) in [7, 11) is -3.15. The highest BCUT2D eigenvalue weighted by atomic mass is 32.2. The summed E-state index contributed by atoms with van der Waals surface area (Å²) in [5, 5.41) is 4.42. The van der Waals surface area contributed by atoms with Crippen molar-refractivity contribution >= 4 is 21.5 Å². The molecule has 9 nitrogen and oxygen atoms in total. The van der Waals surface area contributed by atoms with Crippen LogP contribution in [0.5, 0.6) is 0 Å². The van der Waals surface area contributed by atoms with Gasteiger partial charge >= 0.3 is 0 Å². The van der Waals surface area contributed by atoms with Gasteiger partial charge in [-0.15, -0.1) is 5.10 Å². The van der Waals surface area contributed by atoms with Gasteiger partial charge in [-0.2, -0.15) is 0 Å². The highest BCUT2D eigenvalue weighted by molar-refractivity contribution is 7.89. The second-order valence-electron chi connectivity index (χ2n) is 6.54. The van der Waals surface area contributed by atoms with E-state index in [0.717, 1.165) is 5.69 Å². The summed E-state index contributed by atoms with van der Waals surface area (Å²) in [5.74, 6) is 0.972. The first-order valence-corrected chi connectivity index (χ1v) is 10.5. The number of aromatic nitrogens is 5. The number of rotatable bonds is 4. The number of anilines is 1. The summed E-state index contributed by atoms with van der Waals surface area (Å²) in [4.78, 5) is 13.4. The van der Waals surface area contributed by atoms with Crippen LogP contribution >= 0.6 is 0 Å². The Bertz CT molecular complexity index is 1040. The molecule has 10 heteroatoms. The van der Waals surface area contributed by atoms with Crippen LogP contribution in [-0.4, -0.2) is 56.1 Å². The van der Waals surface area contributed by atoms with E-state index in [2.05, 4.69) is 20.1 Å². The Morgan fingerprint density at radius 2 is 2.00 bits per heavy atom. The lowest BCUT2D eigenvalue weighted by Gasteiger charge is -2.30. The van der Waals surface area contributed by atoms with Crippen LogP contribution in [0.4, 0.5) is 5.82 Å². The van der Waals surface area contributed by atoms with Gasteiger partial charge in [0.15, 0.2) is 17.2 Å². The quantitative estimate of drug-likeness (QED) is 0.716. The predicted octanol–water partition coefficient (Wildman–Crippen LogP) is 1.30. The molecule has 2 N–H and O–H groups in total. The summed E-state index contributed by atoms with van der Waals surface area (Å²) in [5.41, 5.74) is 7.98. The van der Waals surface area contributed by atoms with Gasteiger partial charge in [0.05, 0.1) is 17.6 Å². The van der Waals surface area contributed by atoms with Gasteiger partial charge in [0.25, 0.3) is 0 Å². The topological polar surface area (TPSA) is 119 Å². The average molecular weight is 387 g/mol. The van der Waals surface area contributed by atoms with Crippen LogP contribution in [0.25, 0.3) is 17.2 Å². The Morgan fingerprint density at radius 3 is 2.70 bits per heavy atom. The lowest BCUT2D eigenvalue weighted by molar-refractivity contribution is 0.317. The zero-order valence-corrected chi connectivity index (χ0v) is 15.8. The SMILES string of the molecule is CCS(=O)(=O)N1CCC(c2cnc(N)c(-c3nc4ccccn4n3)n2)CC1. The van der Waals surface area contributed by atoms with Crippen LogP contribution in [-0.2, 0) is 10.0 Å².